The molecule has 0 spiro atoms. The average Bonchev–Trinajstić information content (AvgIpc) is 3.12. The topological polar surface area (TPSA) is 121 Å². The van der Waals surface area contributed by atoms with Crippen molar-refractivity contribution in [3.8, 4) is 5.75 Å². The second kappa shape index (κ2) is 12.6. The summed E-state index contributed by atoms with van der Waals surface area (Å²) < 4.78 is 5.67. The van der Waals surface area contributed by atoms with Crippen LogP contribution in [0.5, 0.6) is 5.75 Å². The van der Waals surface area contributed by atoms with Crippen LogP contribution in [0.3, 0.4) is 0 Å². The summed E-state index contributed by atoms with van der Waals surface area (Å²) in [4.78, 5) is 35.4. The Morgan fingerprint density at radius 2 is 1.82 bits per heavy atom. The fourth-order valence-corrected chi connectivity index (χ4v) is 4.46. The van der Waals surface area contributed by atoms with Crippen LogP contribution >= 0.6 is 11.6 Å². The van der Waals surface area contributed by atoms with Crippen molar-refractivity contribution in [3.63, 3.8) is 0 Å². The minimum Gasteiger partial charge on any atom is -0.495 e. The van der Waals surface area contributed by atoms with Crippen LogP contribution in [0, 0.1) is 0 Å². The van der Waals surface area contributed by atoms with Crippen molar-refractivity contribution in [2.75, 3.05) is 51.0 Å². The van der Waals surface area contributed by atoms with Gasteiger partial charge in [0.2, 0.25) is 11.9 Å². The van der Waals surface area contributed by atoms with E-state index >= 15 is 0 Å². The first-order valence-corrected chi connectivity index (χ1v) is 12.9. The molecule has 2 aromatic carbocycles. The molecule has 11 heteroatoms. The Bertz CT molecular complexity index is 1320. The number of rotatable bonds is 9. The first-order valence-electron chi connectivity index (χ1n) is 12.5. The molecular formula is C27H32ClN7O3. The Kier molecular flexibility index (Phi) is 8.98. The van der Waals surface area contributed by atoms with Crippen molar-refractivity contribution >= 4 is 46.6 Å². The minimum atomic E-state index is -0.192. The van der Waals surface area contributed by atoms with Crippen molar-refractivity contribution in [3.05, 3.63) is 64.3 Å². The molecule has 1 aromatic heterocycles. The number of anilines is 4. The highest BCUT2D eigenvalue weighted by molar-refractivity contribution is 6.33. The number of fused-ring (bicyclic) bond motifs is 1. The molecule has 0 aliphatic carbocycles. The molecule has 200 valence electrons. The number of nitrogens with zero attached hydrogens (tertiary/aromatic N) is 3. The third-order valence-electron chi connectivity index (χ3n) is 6.32. The summed E-state index contributed by atoms with van der Waals surface area (Å²) in [6, 6.07) is 11.2. The molecule has 1 aliphatic rings. The Hall–Kier alpha value is -3.89. The van der Waals surface area contributed by atoms with Crippen LogP contribution in [0.1, 0.15) is 28.4 Å². The summed E-state index contributed by atoms with van der Waals surface area (Å²) >= 11 is 6.40. The summed E-state index contributed by atoms with van der Waals surface area (Å²) in [5.74, 6) is 1.16. The molecule has 10 nitrogen and oxygen atoms in total. The Morgan fingerprint density at radius 3 is 2.53 bits per heavy atom. The fourth-order valence-electron chi connectivity index (χ4n) is 4.32. The third-order valence-corrected chi connectivity index (χ3v) is 6.59. The van der Waals surface area contributed by atoms with Gasteiger partial charge in [-0.2, -0.15) is 4.98 Å². The zero-order valence-corrected chi connectivity index (χ0v) is 22.5. The molecule has 2 heterocycles. The second-order valence-electron chi connectivity index (χ2n) is 8.82. The highest BCUT2D eigenvalue weighted by atomic mass is 35.5. The van der Waals surface area contributed by atoms with E-state index in [1.807, 2.05) is 25.1 Å². The second-order valence-corrected chi connectivity index (χ2v) is 9.22. The van der Waals surface area contributed by atoms with E-state index in [1.165, 1.54) is 17.3 Å². The molecule has 0 unspecified atom stereocenters. The molecule has 2 amide bonds. The van der Waals surface area contributed by atoms with E-state index in [0.717, 1.165) is 31.6 Å². The van der Waals surface area contributed by atoms with Gasteiger partial charge in [0.25, 0.3) is 5.91 Å². The number of aromatic nitrogens is 2. The molecule has 0 bridgehead atoms. The summed E-state index contributed by atoms with van der Waals surface area (Å²) in [6.07, 6.45) is 3.12. The predicted molar refractivity (Wildman–Crippen MR) is 149 cm³/mol. The first kappa shape index (κ1) is 27.2. The molecular weight excluding hydrogens is 506 g/mol. The van der Waals surface area contributed by atoms with Gasteiger partial charge in [-0.25, -0.2) is 4.98 Å². The predicted octanol–water partition coefficient (Wildman–Crippen LogP) is 3.52. The zero-order valence-electron chi connectivity index (χ0n) is 21.7. The van der Waals surface area contributed by atoms with Gasteiger partial charge in [-0.15, -0.1) is 0 Å². The van der Waals surface area contributed by atoms with Crippen LogP contribution < -0.4 is 26.0 Å². The van der Waals surface area contributed by atoms with Crippen LogP contribution in [0.25, 0.3) is 0 Å². The van der Waals surface area contributed by atoms with Crippen LogP contribution in [0.2, 0.25) is 5.02 Å². The molecule has 38 heavy (non-hydrogen) atoms. The van der Waals surface area contributed by atoms with Crippen LogP contribution in [-0.2, 0) is 17.6 Å². The van der Waals surface area contributed by atoms with Crippen LogP contribution in [-0.4, -0.2) is 67.0 Å². The standard InChI is InChI=1S/C27H32ClN7O3/c1-4-30-26(37)19-7-5-6-8-21(19)32-25-20(28)15-31-27(34-25)33-22-13-17-9-11-35(16-24(36)29-2)12-10-18(17)14-23(22)38-3/h5-8,13-15H,4,9-12,16H2,1-3H3,(H,29,36)(H,30,37)(H2,31,32,33,34). The van der Waals surface area contributed by atoms with Gasteiger partial charge in [-0.3, -0.25) is 14.5 Å². The quantitative estimate of drug-likeness (QED) is 0.327. The summed E-state index contributed by atoms with van der Waals surface area (Å²) in [5.41, 5.74) is 4.15. The van der Waals surface area contributed by atoms with Gasteiger partial charge in [0, 0.05) is 26.7 Å². The van der Waals surface area contributed by atoms with Crippen molar-refractivity contribution in [2.24, 2.45) is 0 Å². The van der Waals surface area contributed by atoms with E-state index in [0.29, 0.717) is 46.9 Å². The van der Waals surface area contributed by atoms with Crippen molar-refractivity contribution in [1.29, 1.82) is 0 Å². The normalized spacial score (nSPS) is 13.2. The maximum absolute atomic E-state index is 12.5. The number of likely N-dealkylation sites (N-methyl/N-ethyl adjacent to an activating group) is 1. The van der Waals surface area contributed by atoms with E-state index in [1.54, 1.807) is 32.4 Å². The largest absolute Gasteiger partial charge is 0.495 e. The van der Waals surface area contributed by atoms with E-state index in [-0.39, 0.29) is 11.8 Å². The smallest absolute Gasteiger partial charge is 0.253 e. The molecule has 0 radical (unpaired) electrons. The lowest BCUT2D eigenvalue weighted by Gasteiger charge is -2.18. The lowest BCUT2D eigenvalue weighted by atomic mass is 10.0. The van der Waals surface area contributed by atoms with Gasteiger partial charge in [0.05, 0.1) is 36.8 Å². The maximum atomic E-state index is 12.5. The van der Waals surface area contributed by atoms with Crippen molar-refractivity contribution < 1.29 is 14.3 Å². The van der Waals surface area contributed by atoms with Crippen LogP contribution in [0.4, 0.5) is 23.1 Å². The number of amides is 2. The number of nitrogens with one attached hydrogen (secondary N) is 4. The first-order chi connectivity index (χ1) is 18.4. The van der Waals surface area contributed by atoms with Gasteiger partial charge < -0.3 is 26.0 Å². The molecule has 0 atom stereocenters. The number of hydrogen-bond donors (Lipinski definition) is 4. The number of carbonyl (C=O) groups is 2. The molecule has 4 rings (SSSR count). The number of benzene rings is 2. The third kappa shape index (κ3) is 6.51. The number of carbonyl (C=O) groups excluding carboxylic acids is 2. The van der Waals surface area contributed by atoms with Crippen molar-refractivity contribution in [2.45, 2.75) is 19.8 Å². The number of hydrogen-bond acceptors (Lipinski definition) is 8. The zero-order chi connectivity index (χ0) is 27.1. The van der Waals surface area contributed by atoms with Crippen LogP contribution in [0.15, 0.2) is 42.6 Å². The fraction of sp³-hybridized carbons (Fsp3) is 0.333. The Morgan fingerprint density at radius 1 is 1.08 bits per heavy atom. The number of para-hydroxylation sites is 1. The minimum absolute atomic E-state index is 0.00816. The SMILES string of the molecule is CCNC(=O)c1ccccc1Nc1nc(Nc2cc3c(cc2OC)CCN(CC(=O)NC)CC3)ncc1Cl. The highest BCUT2D eigenvalue weighted by Gasteiger charge is 2.19. The molecule has 0 saturated heterocycles. The Balaban J connectivity index is 1.56. The molecule has 1 aliphatic heterocycles. The summed E-state index contributed by atoms with van der Waals surface area (Å²) in [6.45, 7) is 4.34. The van der Waals surface area contributed by atoms with E-state index in [2.05, 4.69) is 36.1 Å². The summed E-state index contributed by atoms with van der Waals surface area (Å²) in [7, 11) is 3.27. The van der Waals surface area contributed by atoms with Gasteiger partial charge in [-0.1, -0.05) is 23.7 Å². The molecule has 0 saturated carbocycles. The van der Waals surface area contributed by atoms with E-state index in [9.17, 15) is 9.59 Å². The lowest BCUT2D eigenvalue weighted by molar-refractivity contribution is -0.121. The number of halogens is 1. The molecule has 4 N–H and O–H groups in total. The van der Waals surface area contributed by atoms with Gasteiger partial charge in [0.15, 0.2) is 5.82 Å². The van der Waals surface area contributed by atoms with E-state index < -0.39 is 0 Å². The van der Waals surface area contributed by atoms with Gasteiger partial charge in [0.1, 0.15) is 10.8 Å². The monoisotopic (exact) mass is 537 g/mol. The van der Waals surface area contributed by atoms with Gasteiger partial charge in [-0.05, 0) is 55.2 Å². The van der Waals surface area contributed by atoms with Gasteiger partial charge >= 0.3 is 0 Å². The number of ether oxygens (including phenoxy) is 1. The average molecular weight is 538 g/mol. The molecule has 3 aromatic rings. The number of methoxy groups -OCH3 is 1. The molecule has 0 fully saturated rings. The maximum Gasteiger partial charge on any atom is 0.253 e. The summed E-state index contributed by atoms with van der Waals surface area (Å²) in [5, 5.41) is 12.2. The Labute approximate surface area is 227 Å². The lowest BCUT2D eigenvalue weighted by Crippen LogP contribution is -2.37. The van der Waals surface area contributed by atoms with Crippen molar-refractivity contribution in [1.82, 2.24) is 25.5 Å². The highest BCUT2D eigenvalue weighted by Crippen LogP contribution is 2.33. The van der Waals surface area contributed by atoms with E-state index in [4.69, 9.17) is 16.3 Å².